The zero-order valence-electron chi connectivity index (χ0n) is 15.8. The van der Waals surface area contributed by atoms with Gasteiger partial charge in [-0.1, -0.05) is 30.0 Å². The van der Waals surface area contributed by atoms with Crippen molar-refractivity contribution in [3.05, 3.63) is 68.9 Å². The minimum atomic E-state index is -0.262. The number of amides is 1. The van der Waals surface area contributed by atoms with Crippen LogP contribution in [0.25, 0.3) is 11.7 Å². The van der Waals surface area contributed by atoms with Crippen molar-refractivity contribution in [1.82, 2.24) is 14.3 Å². The van der Waals surface area contributed by atoms with Crippen molar-refractivity contribution >= 4 is 51.7 Å². The number of hydrogen-bond donors (Lipinski definition) is 1. The van der Waals surface area contributed by atoms with Crippen LogP contribution in [0.1, 0.15) is 23.8 Å². The van der Waals surface area contributed by atoms with Crippen LogP contribution in [0, 0.1) is 6.92 Å². The summed E-state index contributed by atoms with van der Waals surface area (Å²) in [6.07, 6.45) is 4.83. The second-order valence-corrected chi connectivity index (χ2v) is 8.10. The van der Waals surface area contributed by atoms with Gasteiger partial charge < -0.3 is 9.73 Å². The van der Waals surface area contributed by atoms with Crippen LogP contribution in [-0.2, 0) is 11.3 Å². The Labute approximate surface area is 176 Å². The summed E-state index contributed by atoms with van der Waals surface area (Å²) in [6, 6.07) is 7.31. The second-order valence-electron chi connectivity index (χ2n) is 6.42. The van der Waals surface area contributed by atoms with Gasteiger partial charge >= 0.3 is 0 Å². The smallest absolute Gasteiger partial charge is 0.267 e. The van der Waals surface area contributed by atoms with E-state index in [-0.39, 0.29) is 11.5 Å². The number of fused-ring (bicyclic) bond motifs is 1. The Morgan fingerprint density at radius 2 is 2.14 bits per heavy atom. The zero-order chi connectivity index (χ0) is 20.5. The van der Waals surface area contributed by atoms with Gasteiger partial charge in [-0.05, 0) is 43.7 Å². The first kappa shape index (κ1) is 19.4. The molecule has 0 saturated carbocycles. The summed E-state index contributed by atoms with van der Waals surface area (Å²) in [5, 5.41) is 3.17. The number of nitrogens with one attached hydrogen (secondary N) is 1. The predicted octanol–water partition coefficient (Wildman–Crippen LogP) is 3.43. The molecular weight excluding hydrogens is 408 g/mol. The molecule has 29 heavy (non-hydrogen) atoms. The van der Waals surface area contributed by atoms with E-state index in [1.165, 1.54) is 21.1 Å². The molecule has 3 aromatic heterocycles. The second kappa shape index (κ2) is 7.84. The summed E-state index contributed by atoms with van der Waals surface area (Å²) >= 11 is 6.46. The third-order valence-electron chi connectivity index (χ3n) is 4.56. The molecule has 0 bridgehead atoms. The van der Waals surface area contributed by atoms with E-state index in [2.05, 4.69) is 10.3 Å². The number of hydrogen-bond acceptors (Lipinski definition) is 7. The predicted molar refractivity (Wildman–Crippen MR) is 118 cm³/mol. The molecule has 1 saturated heterocycles. The van der Waals surface area contributed by atoms with Crippen molar-refractivity contribution in [2.45, 2.75) is 20.4 Å². The number of thiocarbonyl (C=S) groups is 1. The topological polar surface area (TPSA) is 79.8 Å². The summed E-state index contributed by atoms with van der Waals surface area (Å²) < 4.78 is 7.33. The zero-order valence-corrected chi connectivity index (χ0v) is 17.5. The third-order valence-corrected chi connectivity index (χ3v) is 5.94. The van der Waals surface area contributed by atoms with Gasteiger partial charge in [0, 0.05) is 12.7 Å². The van der Waals surface area contributed by atoms with Crippen LogP contribution in [0.4, 0.5) is 5.82 Å². The van der Waals surface area contributed by atoms with E-state index < -0.39 is 0 Å². The van der Waals surface area contributed by atoms with Gasteiger partial charge in [-0.3, -0.25) is 18.9 Å². The molecule has 1 aliphatic rings. The number of rotatable bonds is 5. The molecular formula is C20H18N4O3S2. The van der Waals surface area contributed by atoms with Gasteiger partial charge in [-0.15, -0.1) is 0 Å². The number of carbonyl (C=O) groups is 1. The van der Waals surface area contributed by atoms with Gasteiger partial charge in [0.05, 0.1) is 23.3 Å². The molecule has 0 atom stereocenters. The van der Waals surface area contributed by atoms with Crippen molar-refractivity contribution in [1.29, 1.82) is 0 Å². The molecule has 0 radical (unpaired) electrons. The first-order chi connectivity index (χ1) is 14.0. The lowest BCUT2D eigenvalue weighted by Gasteiger charge is -2.12. The van der Waals surface area contributed by atoms with E-state index in [1.54, 1.807) is 30.7 Å². The van der Waals surface area contributed by atoms with E-state index in [0.29, 0.717) is 45.1 Å². The fourth-order valence-corrected chi connectivity index (χ4v) is 4.43. The summed E-state index contributed by atoms with van der Waals surface area (Å²) in [5.41, 5.74) is 1.46. The Balaban J connectivity index is 1.84. The largest absolute Gasteiger partial charge is 0.467 e. The molecule has 0 aromatic carbocycles. The molecule has 4 heterocycles. The number of likely N-dealkylation sites (N-methyl/N-ethyl adjacent to an activating group) is 1. The van der Waals surface area contributed by atoms with Crippen LogP contribution < -0.4 is 10.9 Å². The van der Waals surface area contributed by atoms with Crippen molar-refractivity contribution in [2.24, 2.45) is 0 Å². The molecule has 1 N–H and O–H groups in total. The van der Waals surface area contributed by atoms with Crippen LogP contribution in [0.3, 0.4) is 0 Å². The third kappa shape index (κ3) is 3.58. The van der Waals surface area contributed by atoms with Gasteiger partial charge in [0.2, 0.25) is 0 Å². The van der Waals surface area contributed by atoms with Crippen molar-refractivity contribution in [3.63, 3.8) is 0 Å². The van der Waals surface area contributed by atoms with E-state index in [1.807, 2.05) is 26.0 Å². The fourth-order valence-electron chi connectivity index (χ4n) is 3.06. The highest BCUT2D eigenvalue weighted by Gasteiger charge is 2.31. The number of thioether (sulfide) groups is 1. The molecule has 7 nitrogen and oxygen atoms in total. The quantitative estimate of drug-likeness (QED) is 0.495. The van der Waals surface area contributed by atoms with E-state index in [4.69, 9.17) is 16.6 Å². The Kier molecular flexibility index (Phi) is 5.25. The maximum Gasteiger partial charge on any atom is 0.267 e. The normalized spacial score (nSPS) is 15.7. The number of carbonyl (C=O) groups excluding carboxylic acids is 1. The molecule has 9 heteroatoms. The highest BCUT2D eigenvalue weighted by Crippen LogP contribution is 2.32. The Morgan fingerprint density at radius 3 is 2.83 bits per heavy atom. The SMILES string of the molecule is CCN1C(=O)/C(=C/c2c(NCc3ccco3)nc3c(C)cccn3c2=O)SC1=S. The number of furan rings is 1. The minimum Gasteiger partial charge on any atom is -0.467 e. The Bertz CT molecular complexity index is 1200. The molecule has 0 spiro atoms. The van der Waals surface area contributed by atoms with Gasteiger partial charge in [0.25, 0.3) is 11.5 Å². The van der Waals surface area contributed by atoms with Crippen LogP contribution >= 0.6 is 24.0 Å². The Morgan fingerprint density at radius 1 is 1.31 bits per heavy atom. The molecule has 0 aliphatic carbocycles. The number of aryl methyl sites for hydroxylation is 1. The molecule has 3 aromatic rings. The van der Waals surface area contributed by atoms with Crippen LogP contribution in [0.2, 0.25) is 0 Å². The van der Waals surface area contributed by atoms with Crippen molar-refractivity contribution in [3.8, 4) is 0 Å². The first-order valence-electron chi connectivity index (χ1n) is 9.03. The lowest BCUT2D eigenvalue weighted by Crippen LogP contribution is -2.27. The number of aromatic nitrogens is 2. The maximum atomic E-state index is 13.2. The highest BCUT2D eigenvalue weighted by molar-refractivity contribution is 8.26. The molecule has 1 aliphatic heterocycles. The molecule has 4 rings (SSSR count). The standard InChI is InChI=1S/C20H18N4O3S2/c1-3-23-19(26)15(29-20(23)28)10-14-16(21-11-13-7-5-9-27-13)22-17-12(2)6-4-8-24(17)18(14)25/h4-10,21H,3,11H2,1-2H3/b15-10-. The lowest BCUT2D eigenvalue weighted by molar-refractivity contribution is -0.121. The summed E-state index contributed by atoms with van der Waals surface area (Å²) in [7, 11) is 0. The summed E-state index contributed by atoms with van der Waals surface area (Å²) in [6.45, 7) is 4.60. The highest BCUT2D eigenvalue weighted by atomic mass is 32.2. The van der Waals surface area contributed by atoms with Crippen LogP contribution in [0.15, 0.2) is 50.8 Å². The summed E-state index contributed by atoms with van der Waals surface area (Å²) in [4.78, 5) is 32.4. The Hall–Kier alpha value is -2.91. The van der Waals surface area contributed by atoms with Crippen LogP contribution in [-0.4, -0.2) is 31.1 Å². The van der Waals surface area contributed by atoms with Gasteiger partial charge in [-0.2, -0.15) is 0 Å². The van der Waals surface area contributed by atoms with Crippen LogP contribution in [0.5, 0.6) is 0 Å². The monoisotopic (exact) mass is 426 g/mol. The van der Waals surface area contributed by atoms with E-state index >= 15 is 0 Å². The van der Waals surface area contributed by atoms with Crippen molar-refractivity contribution < 1.29 is 9.21 Å². The molecule has 1 amide bonds. The van der Waals surface area contributed by atoms with Crippen molar-refractivity contribution in [2.75, 3.05) is 11.9 Å². The minimum absolute atomic E-state index is 0.201. The average molecular weight is 427 g/mol. The maximum absolute atomic E-state index is 13.2. The van der Waals surface area contributed by atoms with Gasteiger partial charge in [-0.25, -0.2) is 4.98 Å². The average Bonchev–Trinajstić information content (AvgIpc) is 3.31. The van der Waals surface area contributed by atoms with Gasteiger partial charge in [0.1, 0.15) is 21.5 Å². The number of anilines is 1. The molecule has 148 valence electrons. The molecule has 1 fully saturated rings. The summed E-state index contributed by atoms with van der Waals surface area (Å²) in [5.74, 6) is 0.899. The lowest BCUT2D eigenvalue weighted by atomic mass is 10.2. The number of pyridine rings is 1. The van der Waals surface area contributed by atoms with Gasteiger partial charge in [0.15, 0.2) is 0 Å². The number of nitrogens with zero attached hydrogens (tertiary/aromatic N) is 3. The van der Waals surface area contributed by atoms with E-state index in [9.17, 15) is 9.59 Å². The fraction of sp³-hybridized carbons (Fsp3) is 0.200. The molecule has 0 unspecified atom stereocenters. The van der Waals surface area contributed by atoms with E-state index in [0.717, 1.165) is 5.56 Å². The first-order valence-corrected chi connectivity index (χ1v) is 10.3.